The molecule has 29 heavy (non-hydrogen) atoms. The lowest BCUT2D eigenvalue weighted by molar-refractivity contribution is -0.125. The van der Waals surface area contributed by atoms with Gasteiger partial charge in [-0.3, -0.25) is 4.79 Å². The molecule has 0 saturated heterocycles. The highest BCUT2D eigenvalue weighted by Gasteiger charge is 2.27. The first-order valence-corrected chi connectivity index (χ1v) is 9.40. The van der Waals surface area contributed by atoms with E-state index in [1.54, 1.807) is 60.7 Å². The maximum Gasteiger partial charge on any atom is 0.342 e. The zero-order chi connectivity index (χ0) is 20.8. The van der Waals surface area contributed by atoms with Crippen LogP contribution in [-0.2, 0) is 9.53 Å². The molecule has 3 rings (SSSR count). The summed E-state index contributed by atoms with van der Waals surface area (Å²) in [6, 6.07) is 20.2. The van der Waals surface area contributed by atoms with Crippen LogP contribution in [0.25, 0.3) is 0 Å². The van der Waals surface area contributed by atoms with Gasteiger partial charge in [-0.15, -0.1) is 0 Å². The van der Waals surface area contributed by atoms with Crippen LogP contribution in [0.5, 0.6) is 5.75 Å². The number of methoxy groups -OCH3 is 1. The summed E-state index contributed by atoms with van der Waals surface area (Å²) in [5, 5.41) is 3.02. The van der Waals surface area contributed by atoms with E-state index in [2.05, 4.69) is 5.32 Å². The van der Waals surface area contributed by atoms with Crippen molar-refractivity contribution < 1.29 is 19.1 Å². The number of rotatable bonds is 6. The number of benzene rings is 3. The van der Waals surface area contributed by atoms with Crippen LogP contribution in [0.1, 0.15) is 22.0 Å². The Hall–Kier alpha value is -3.02. The van der Waals surface area contributed by atoms with E-state index in [0.29, 0.717) is 17.0 Å². The fourth-order valence-electron chi connectivity index (χ4n) is 2.67. The molecule has 3 aromatic rings. The summed E-state index contributed by atoms with van der Waals surface area (Å²) >= 11 is 12.2. The summed E-state index contributed by atoms with van der Waals surface area (Å²) in [4.78, 5) is 25.7. The van der Waals surface area contributed by atoms with Gasteiger partial charge in [0, 0.05) is 17.3 Å². The van der Waals surface area contributed by atoms with E-state index in [-0.39, 0.29) is 15.6 Å². The Balaban J connectivity index is 1.89. The number of hydrogen-bond acceptors (Lipinski definition) is 4. The van der Waals surface area contributed by atoms with Crippen LogP contribution in [0, 0.1) is 0 Å². The molecule has 0 saturated carbocycles. The van der Waals surface area contributed by atoms with Crippen molar-refractivity contribution >= 4 is 40.8 Å². The molecular weight excluding hydrogens is 413 g/mol. The maximum absolute atomic E-state index is 13.0. The van der Waals surface area contributed by atoms with Gasteiger partial charge in [-0.1, -0.05) is 65.7 Å². The number of ether oxygens (including phenoxy) is 2. The predicted molar refractivity (Wildman–Crippen MR) is 113 cm³/mol. The summed E-state index contributed by atoms with van der Waals surface area (Å²) in [5.41, 5.74) is 1.01. The van der Waals surface area contributed by atoms with Crippen molar-refractivity contribution in [3.63, 3.8) is 0 Å². The van der Waals surface area contributed by atoms with E-state index in [1.165, 1.54) is 19.2 Å². The monoisotopic (exact) mass is 429 g/mol. The molecule has 0 radical (unpaired) electrons. The lowest BCUT2D eigenvalue weighted by Gasteiger charge is -2.19. The molecule has 5 nitrogen and oxygen atoms in total. The van der Waals surface area contributed by atoms with Crippen LogP contribution in [0.2, 0.25) is 10.0 Å². The zero-order valence-corrected chi connectivity index (χ0v) is 16.9. The number of amides is 1. The van der Waals surface area contributed by atoms with Crippen LogP contribution in [0.4, 0.5) is 5.69 Å². The van der Waals surface area contributed by atoms with Crippen molar-refractivity contribution in [3.8, 4) is 5.75 Å². The molecular formula is C22H17Cl2NO4. The molecule has 0 aliphatic carbocycles. The molecule has 0 fully saturated rings. The van der Waals surface area contributed by atoms with Gasteiger partial charge >= 0.3 is 5.97 Å². The molecule has 7 heteroatoms. The lowest BCUT2D eigenvalue weighted by atomic mass is 10.1. The Kier molecular flexibility index (Phi) is 6.75. The van der Waals surface area contributed by atoms with Gasteiger partial charge < -0.3 is 14.8 Å². The third kappa shape index (κ3) is 5.08. The van der Waals surface area contributed by atoms with E-state index in [0.717, 1.165) is 0 Å². The van der Waals surface area contributed by atoms with Gasteiger partial charge in [0.25, 0.3) is 5.91 Å². The van der Waals surface area contributed by atoms with Crippen LogP contribution in [0.3, 0.4) is 0 Å². The standard InChI is InChI=1S/C22H17Cl2NO4/c1-28-16-10-5-9-15(13-16)25-21(26)20(14-7-3-2-4-8-14)29-22(27)19-17(23)11-6-12-18(19)24/h2-13,20H,1H3,(H,25,26)/t20-/m1/s1. The van der Waals surface area contributed by atoms with Crippen molar-refractivity contribution in [2.75, 3.05) is 12.4 Å². The molecule has 0 unspecified atom stereocenters. The summed E-state index contributed by atoms with van der Waals surface area (Å²) in [5.74, 6) is -0.741. The molecule has 0 spiro atoms. The summed E-state index contributed by atoms with van der Waals surface area (Å²) in [6.07, 6.45) is -1.21. The lowest BCUT2D eigenvalue weighted by Crippen LogP contribution is -2.26. The average molecular weight is 430 g/mol. The smallest absolute Gasteiger partial charge is 0.342 e. The molecule has 0 bridgehead atoms. The summed E-state index contributed by atoms with van der Waals surface area (Å²) in [7, 11) is 1.53. The molecule has 148 valence electrons. The highest BCUT2D eigenvalue weighted by atomic mass is 35.5. The second-order valence-electron chi connectivity index (χ2n) is 6.01. The zero-order valence-electron chi connectivity index (χ0n) is 15.4. The molecule has 0 aliphatic heterocycles. The number of hydrogen-bond donors (Lipinski definition) is 1. The predicted octanol–water partition coefficient (Wildman–Crippen LogP) is 5.54. The number of nitrogens with one attached hydrogen (secondary N) is 1. The highest BCUT2D eigenvalue weighted by molar-refractivity contribution is 6.39. The van der Waals surface area contributed by atoms with E-state index in [4.69, 9.17) is 32.7 Å². The Labute approximate surface area is 178 Å². The number of esters is 1. The Bertz CT molecular complexity index is 1000. The van der Waals surface area contributed by atoms with Crippen molar-refractivity contribution in [2.24, 2.45) is 0 Å². The highest BCUT2D eigenvalue weighted by Crippen LogP contribution is 2.28. The van der Waals surface area contributed by atoms with Crippen molar-refractivity contribution in [1.29, 1.82) is 0 Å². The van der Waals surface area contributed by atoms with Gasteiger partial charge in [0.1, 0.15) is 5.75 Å². The first kappa shape index (κ1) is 20.7. The first-order valence-electron chi connectivity index (χ1n) is 8.64. The second-order valence-corrected chi connectivity index (χ2v) is 6.83. The van der Waals surface area contributed by atoms with Gasteiger partial charge in [0.2, 0.25) is 6.10 Å². The largest absolute Gasteiger partial charge is 0.497 e. The van der Waals surface area contributed by atoms with Gasteiger partial charge in [0.15, 0.2) is 0 Å². The number of carbonyl (C=O) groups excluding carboxylic acids is 2. The second kappa shape index (κ2) is 9.45. The fraction of sp³-hybridized carbons (Fsp3) is 0.0909. The quantitative estimate of drug-likeness (QED) is 0.522. The molecule has 3 aromatic carbocycles. The van der Waals surface area contributed by atoms with Crippen LogP contribution >= 0.6 is 23.2 Å². The maximum atomic E-state index is 13.0. The molecule has 1 atom stereocenters. The summed E-state index contributed by atoms with van der Waals surface area (Å²) in [6.45, 7) is 0. The van der Waals surface area contributed by atoms with Gasteiger partial charge in [-0.25, -0.2) is 4.79 Å². The van der Waals surface area contributed by atoms with Crippen LogP contribution in [-0.4, -0.2) is 19.0 Å². The normalized spacial score (nSPS) is 11.4. The van der Waals surface area contributed by atoms with Gasteiger partial charge in [0.05, 0.1) is 22.7 Å². The molecule has 0 aromatic heterocycles. The third-order valence-corrected chi connectivity index (χ3v) is 4.70. The molecule has 1 N–H and O–H groups in total. The minimum atomic E-state index is -1.21. The third-order valence-electron chi connectivity index (χ3n) is 4.07. The van der Waals surface area contributed by atoms with Crippen molar-refractivity contribution in [3.05, 3.63) is 94.0 Å². The van der Waals surface area contributed by atoms with Crippen molar-refractivity contribution in [2.45, 2.75) is 6.10 Å². The first-order chi connectivity index (χ1) is 14.0. The van der Waals surface area contributed by atoms with Gasteiger partial charge in [-0.2, -0.15) is 0 Å². The topological polar surface area (TPSA) is 64.6 Å². The Morgan fingerprint density at radius 1 is 0.897 bits per heavy atom. The van der Waals surface area contributed by atoms with Crippen LogP contribution in [0.15, 0.2) is 72.8 Å². The average Bonchev–Trinajstić information content (AvgIpc) is 2.72. The molecule has 0 aliphatic rings. The van der Waals surface area contributed by atoms with Crippen molar-refractivity contribution in [1.82, 2.24) is 0 Å². The van der Waals surface area contributed by atoms with E-state index in [1.807, 2.05) is 0 Å². The van der Waals surface area contributed by atoms with E-state index >= 15 is 0 Å². The minimum Gasteiger partial charge on any atom is -0.497 e. The van der Waals surface area contributed by atoms with E-state index in [9.17, 15) is 9.59 Å². The fourth-order valence-corrected chi connectivity index (χ4v) is 3.22. The van der Waals surface area contributed by atoms with Crippen LogP contribution < -0.4 is 10.1 Å². The minimum absolute atomic E-state index is 0.00550. The number of carbonyl (C=O) groups is 2. The van der Waals surface area contributed by atoms with Gasteiger partial charge in [-0.05, 0) is 24.3 Å². The number of anilines is 1. The SMILES string of the molecule is COc1cccc(NC(=O)[C@H](OC(=O)c2c(Cl)cccc2Cl)c2ccccc2)c1. The Morgan fingerprint density at radius 3 is 2.21 bits per heavy atom. The molecule has 0 heterocycles. The Morgan fingerprint density at radius 2 is 1.55 bits per heavy atom. The molecule has 1 amide bonds. The van der Waals surface area contributed by atoms with E-state index < -0.39 is 18.0 Å². The number of halogens is 2. The summed E-state index contributed by atoms with van der Waals surface area (Å²) < 4.78 is 10.7.